The lowest BCUT2D eigenvalue weighted by atomic mass is 10.5. The normalized spacial score (nSPS) is 10.9. The van der Waals surface area contributed by atoms with Crippen LogP contribution in [0.1, 0.15) is 0 Å². The molecule has 0 aliphatic carbocycles. The van der Waals surface area contributed by atoms with Crippen molar-refractivity contribution in [3.8, 4) is 6.07 Å². The van der Waals surface area contributed by atoms with Gasteiger partial charge in [0.25, 0.3) is 0 Å². The molecule has 5 nitrogen and oxygen atoms in total. The van der Waals surface area contributed by atoms with E-state index in [4.69, 9.17) is 16.9 Å². The molecule has 74 valence electrons. The topological polar surface area (TPSA) is 82.9 Å². The van der Waals surface area contributed by atoms with Crippen LogP contribution in [0.2, 0.25) is 5.15 Å². The minimum absolute atomic E-state index is 0.00671. The van der Waals surface area contributed by atoms with E-state index in [1.807, 2.05) is 0 Å². The van der Waals surface area contributed by atoms with Crippen LogP contribution < -0.4 is 4.72 Å². The van der Waals surface area contributed by atoms with Crippen molar-refractivity contribution in [2.45, 2.75) is 4.90 Å². The molecule has 0 spiro atoms. The van der Waals surface area contributed by atoms with E-state index in [1.54, 1.807) is 6.07 Å². The number of rotatable bonds is 3. The summed E-state index contributed by atoms with van der Waals surface area (Å²) in [6.45, 7) is -0.276. The first-order valence-electron chi connectivity index (χ1n) is 3.54. The number of nitriles is 1. The van der Waals surface area contributed by atoms with Gasteiger partial charge in [-0.1, -0.05) is 11.6 Å². The fourth-order valence-corrected chi connectivity index (χ4v) is 1.93. The average molecular weight is 232 g/mol. The van der Waals surface area contributed by atoms with E-state index >= 15 is 0 Å². The number of pyridine rings is 1. The molecule has 0 unspecified atom stereocenters. The van der Waals surface area contributed by atoms with Crippen LogP contribution in [0.15, 0.2) is 23.2 Å². The van der Waals surface area contributed by atoms with Crippen molar-refractivity contribution in [1.29, 1.82) is 5.26 Å². The van der Waals surface area contributed by atoms with Gasteiger partial charge in [-0.25, -0.2) is 13.4 Å². The summed E-state index contributed by atoms with van der Waals surface area (Å²) in [6.07, 6.45) is 1.28. The van der Waals surface area contributed by atoms with Gasteiger partial charge in [-0.2, -0.15) is 9.98 Å². The highest BCUT2D eigenvalue weighted by molar-refractivity contribution is 7.89. The highest BCUT2D eigenvalue weighted by Gasteiger charge is 2.13. The Morgan fingerprint density at radius 2 is 2.36 bits per heavy atom. The first kappa shape index (κ1) is 10.9. The van der Waals surface area contributed by atoms with Crippen molar-refractivity contribution in [1.82, 2.24) is 9.71 Å². The van der Waals surface area contributed by atoms with Gasteiger partial charge < -0.3 is 0 Å². The second-order valence-corrected chi connectivity index (χ2v) is 4.45. The Labute approximate surface area is 86.4 Å². The Balaban J connectivity index is 3.00. The monoisotopic (exact) mass is 231 g/mol. The zero-order valence-electron chi connectivity index (χ0n) is 6.94. The van der Waals surface area contributed by atoms with Crippen LogP contribution in [0.3, 0.4) is 0 Å². The number of hydrogen-bond donors (Lipinski definition) is 1. The quantitative estimate of drug-likeness (QED) is 0.608. The van der Waals surface area contributed by atoms with E-state index in [1.165, 1.54) is 18.3 Å². The lowest BCUT2D eigenvalue weighted by molar-refractivity contribution is 0.585. The molecule has 0 saturated heterocycles. The van der Waals surface area contributed by atoms with Gasteiger partial charge in [-0.15, -0.1) is 0 Å². The zero-order valence-corrected chi connectivity index (χ0v) is 8.51. The van der Waals surface area contributed by atoms with Gasteiger partial charge in [-0.05, 0) is 12.1 Å². The van der Waals surface area contributed by atoms with Crippen LogP contribution in [0, 0.1) is 11.3 Å². The molecule has 0 amide bonds. The Hall–Kier alpha value is -1.16. The Kier molecular flexibility index (Phi) is 3.41. The highest BCUT2D eigenvalue weighted by atomic mass is 35.5. The molecular weight excluding hydrogens is 226 g/mol. The largest absolute Gasteiger partial charge is 0.244 e. The van der Waals surface area contributed by atoms with Crippen LogP contribution >= 0.6 is 11.6 Å². The predicted octanol–water partition coefficient (Wildman–Crippen LogP) is 0.537. The van der Waals surface area contributed by atoms with Crippen LogP contribution in [0.5, 0.6) is 0 Å². The minimum Gasteiger partial charge on any atom is -0.244 e. The van der Waals surface area contributed by atoms with Crippen molar-refractivity contribution in [3.63, 3.8) is 0 Å². The molecule has 0 aromatic carbocycles. The molecule has 14 heavy (non-hydrogen) atoms. The molecule has 1 N–H and O–H groups in total. The molecule has 1 aromatic heterocycles. The Bertz CT molecular complexity index is 466. The molecule has 0 fully saturated rings. The van der Waals surface area contributed by atoms with Gasteiger partial charge in [0.05, 0.1) is 17.5 Å². The summed E-state index contributed by atoms with van der Waals surface area (Å²) in [7, 11) is -3.64. The fraction of sp³-hybridized carbons (Fsp3) is 0.143. The summed E-state index contributed by atoms with van der Waals surface area (Å²) in [4.78, 5) is 3.64. The van der Waals surface area contributed by atoms with Crippen molar-refractivity contribution >= 4 is 21.6 Å². The molecule has 7 heteroatoms. The van der Waals surface area contributed by atoms with Crippen LogP contribution in [-0.4, -0.2) is 19.9 Å². The SMILES string of the molecule is N#CCNS(=O)(=O)c1ccnc(Cl)c1. The molecular formula is C7H6ClN3O2S. The highest BCUT2D eigenvalue weighted by Crippen LogP contribution is 2.11. The lowest BCUT2D eigenvalue weighted by Gasteiger charge is -2.02. The van der Waals surface area contributed by atoms with E-state index in [-0.39, 0.29) is 16.6 Å². The molecule has 0 radical (unpaired) electrons. The second kappa shape index (κ2) is 4.37. The summed E-state index contributed by atoms with van der Waals surface area (Å²) >= 11 is 5.52. The number of sulfonamides is 1. The Morgan fingerprint density at radius 3 is 2.93 bits per heavy atom. The molecule has 0 atom stereocenters. The molecule has 0 aliphatic heterocycles. The lowest BCUT2D eigenvalue weighted by Crippen LogP contribution is -2.23. The maximum atomic E-state index is 11.4. The van der Waals surface area contributed by atoms with Gasteiger partial charge in [0.15, 0.2) is 0 Å². The standard InChI is InChI=1S/C7H6ClN3O2S/c8-7-5-6(1-3-10-7)14(12,13)11-4-2-9/h1,3,5,11H,4H2. The van der Waals surface area contributed by atoms with E-state index in [0.717, 1.165) is 0 Å². The molecule has 0 bridgehead atoms. The third kappa shape index (κ3) is 2.67. The number of aromatic nitrogens is 1. The van der Waals surface area contributed by atoms with Crippen LogP contribution in [-0.2, 0) is 10.0 Å². The summed E-state index contributed by atoms with van der Waals surface area (Å²) in [6, 6.07) is 4.18. The minimum atomic E-state index is -3.64. The van der Waals surface area contributed by atoms with Crippen molar-refractivity contribution in [2.75, 3.05) is 6.54 Å². The van der Waals surface area contributed by atoms with Gasteiger partial charge in [0.1, 0.15) is 5.15 Å². The van der Waals surface area contributed by atoms with Crippen molar-refractivity contribution in [2.24, 2.45) is 0 Å². The van der Waals surface area contributed by atoms with E-state index < -0.39 is 10.0 Å². The third-order valence-corrected chi connectivity index (χ3v) is 2.96. The third-order valence-electron chi connectivity index (χ3n) is 1.35. The maximum Gasteiger partial charge on any atom is 0.241 e. The first-order valence-corrected chi connectivity index (χ1v) is 5.40. The molecule has 1 aromatic rings. The number of halogens is 1. The van der Waals surface area contributed by atoms with Crippen LogP contribution in [0.25, 0.3) is 0 Å². The van der Waals surface area contributed by atoms with E-state index in [9.17, 15) is 8.42 Å². The molecule has 0 saturated carbocycles. The van der Waals surface area contributed by atoms with Crippen molar-refractivity contribution < 1.29 is 8.42 Å². The predicted molar refractivity (Wildman–Crippen MR) is 50.0 cm³/mol. The van der Waals surface area contributed by atoms with Gasteiger partial charge in [0.2, 0.25) is 10.0 Å². The summed E-state index contributed by atoms with van der Waals surface area (Å²) in [5.74, 6) is 0. The number of nitrogens with zero attached hydrogens (tertiary/aromatic N) is 2. The van der Waals surface area contributed by atoms with Gasteiger partial charge in [0, 0.05) is 6.20 Å². The fourth-order valence-electron chi connectivity index (χ4n) is 0.762. The van der Waals surface area contributed by atoms with Crippen molar-refractivity contribution in [3.05, 3.63) is 23.5 Å². The number of nitrogens with one attached hydrogen (secondary N) is 1. The molecule has 1 heterocycles. The summed E-state index contributed by atoms with van der Waals surface area (Å²) in [5, 5.41) is 8.30. The zero-order chi connectivity index (χ0) is 10.6. The van der Waals surface area contributed by atoms with Gasteiger partial charge in [-0.3, -0.25) is 0 Å². The smallest absolute Gasteiger partial charge is 0.241 e. The molecule has 0 aliphatic rings. The molecule has 1 rings (SSSR count). The summed E-state index contributed by atoms with van der Waals surface area (Å²) in [5.41, 5.74) is 0. The van der Waals surface area contributed by atoms with Gasteiger partial charge >= 0.3 is 0 Å². The second-order valence-electron chi connectivity index (χ2n) is 2.30. The van der Waals surface area contributed by atoms with E-state index in [0.29, 0.717) is 0 Å². The number of hydrogen-bond acceptors (Lipinski definition) is 4. The van der Waals surface area contributed by atoms with Crippen LogP contribution in [0.4, 0.5) is 0 Å². The summed E-state index contributed by atoms with van der Waals surface area (Å²) < 4.78 is 24.9. The average Bonchev–Trinajstić information content (AvgIpc) is 2.15. The van der Waals surface area contributed by atoms with E-state index in [2.05, 4.69) is 9.71 Å². The first-order chi connectivity index (χ1) is 6.56. The Morgan fingerprint density at radius 1 is 1.64 bits per heavy atom. The maximum absolute atomic E-state index is 11.4.